The van der Waals surface area contributed by atoms with E-state index in [1.807, 2.05) is 0 Å². The second-order valence-electron chi connectivity index (χ2n) is 8.91. The Morgan fingerprint density at radius 3 is 1.79 bits per heavy atom. The van der Waals surface area contributed by atoms with E-state index >= 15 is 0 Å². The number of benzene rings is 1. The Hall–Kier alpha value is -1.51. The van der Waals surface area contributed by atoms with E-state index < -0.39 is 38.0 Å². The molecule has 1 saturated carbocycles. The lowest BCUT2D eigenvalue weighted by molar-refractivity contribution is -0.0112. The van der Waals surface area contributed by atoms with E-state index in [4.69, 9.17) is 31.8 Å². The monoisotopic (exact) mass is 465 g/mol. The summed E-state index contributed by atoms with van der Waals surface area (Å²) >= 11 is 6.09. The predicted octanol–water partition coefficient (Wildman–Crippen LogP) is 5.43. The third-order valence-electron chi connectivity index (χ3n) is 4.01. The molecule has 0 N–H and O–H groups in total. The SMILES string of the molecule is CC(C)(C)OC(=O)N(C(=O)OC(C)(C)C)C1(c2cc(Cl)ccc2S(=O)(=O)Cl)CC1. The summed E-state index contributed by atoms with van der Waals surface area (Å²) in [5.74, 6) is 0. The molecule has 0 radical (unpaired) electrons. The van der Waals surface area contributed by atoms with E-state index in [0.29, 0.717) is 12.8 Å². The molecule has 0 bridgehead atoms. The van der Waals surface area contributed by atoms with E-state index in [1.54, 1.807) is 41.5 Å². The summed E-state index contributed by atoms with van der Waals surface area (Å²) in [7, 11) is 1.44. The molecular weight excluding hydrogens is 441 g/mol. The van der Waals surface area contributed by atoms with Gasteiger partial charge >= 0.3 is 12.2 Å². The molecule has 2 rings (SSSR count). The fourth-order valence-electron chi connectivity index (χ4n) is 2.85. The van der Waals surface area contributed by atoms with Crippen LogP contribution < -0.4 is 0 Å². The van der Waals surface area contributed by atoms with Gasteiger partial charge in [-0.05, 0) is 78.1 Å². The summed E-state index contributed by atoms with van der Waals surface area (Å²) in [5.41, 5.74) is -2.91. The number of halogens is 2. The lowest BCUT2D eigenvalue weighted by atomic mass is 10.0. The number of ether oxygens (including phenoxy) is 2. The summed E-state index contributed by atoms with van der Waals surface area (Å²) in [6.07, 6.45) is -1.26. The first-order valence-corrected chi connectivity index (χ1v) is 11.7. The van der Waals surface area contributed by atoms with Crippen LogP contribution in [0.4, 0.5) is 9.59 Å². The van der Waals surface area contributed by atoms with Crippen LogP contribution in [-0.2, 0) is 24.1 Å². The van der Waals surface area contributed by atoms with E-state index in [1.165, 1.54) is 18.2 Å². The van der Waals surface area contributed by atoms with Crippen molar-refractivity contribution in [1.82, 2.24) is 4.90 Å². The number of carbonyl (C=O) groups excluding carboxylic acids is 2. The van der Waals surface area contributed by atoms with Gasteiger partial charge in [0.05, 0.1) is 10.4 Å². The molecule has 0 saturated heterocycles. The Balaban J connectivity index is 2.64. The highest BCUT2D eigenvalue weighted by molar-refractivity contribution is 8.13. The molecule has 0 aromatic heterocycles. The molecule has 1 aromatic carbocycles. The van der Waals surface area contributed by atoms with Crippen molar-refractivity contribution >= 4 is 43.5 Å². The van der Waals surface area contributed by atoms with Gasteiger partial charge in [-0.1, -0.05) is 11.6 Å². The van der Waals surface area contributed by atoms with Crippen molar-refractivity contribution in [1.29, 1.82) is 0 Å². The average Bonchev–Trinajstić information content (AvgIpc) is 3.23. The van der Waals surface area contributed by atoms with Gasteiger partial charge in [-0.3, -0.25) is 0 Å². The van der Waals surface area contributed by atoms with Crippen molar-refractivity contribution < 1.29 is 27.5 Å². The van der Waals surface area contributed by atoms with Crippen molar-refractivity contribution in [2.45, 2.75) is 76.0 Å². The summed E-state index contributed by atoms with van der Waals surface area (Å²) in [6, 6.07) is 4.02. The van der Waals surface area contributed by atoms with Crippen LogP contribution in [0.2, 0.25) is 5.02 Å². The Bertz CT molecular complexity index is 899. The van der Waals surface area contributed by atoms with Crippen LogP contribution in [0.3, 0.4) is 0 Å². The molecule has 0 spiro atoms. The zero-order chi connectivity index (χ0) is 22.4. The number of amides is 2. The van der Waals surface area contributed by atoms with Gasteiger partial charge in [0, 0.05) is 15.7 Å². The largest absolute Gasteiger partial charge is 0.443 e. The Labute approximate surface area is 180 Å². The molecule has 10 heteroatoms. The van der Waals surface area contributed by atoms with Crippen LogP contribution in [0.25, 0.3) is 0 Å². The van der Waals surface area contributed by atoms with Crippen LogP contribution in [-0.4, -0.2) is 36.7 Å². The molecule has 2 amide bonds. The van der Waals surface area contributed by atoms with Crippen LogP contribution in [0, 0.1) is 0 Å². The van der Waals surface area contributed by atoms with E-state index in [0.717, 1.165) is 4.90 Å². The molecular formula is C19H25Cl2NO6S. The molecule has 1 fully saturated rings. The zero-order valence-electron chi connectivity index (χ0n) is 17.2. The maximum atomic E-state index is 13.0. The summed E-state index contributed by atoms with van der Waals surface area (Å²) < 4.78 is 35.1. The fourth-order valence-corrected chi connectivity index (χ4v) is 4.17. The second-order valence-corrected chi connectivity index (χ2v) is 11.9. The van der Waals surface area contributed by atoms with Crippen LogP contribution >= 0.6 is 22.3 Å². The number of carbonyl (C=O) groups is 2. The maximum Gasteiger partial charge on any atom is 0.420 e. The van der Waals surface area contributed by atoms with Crippen molar-refractivity contribution in [3.05, 3.63) is 28.8 Å². The molecule has 1 aliphatic carbocycles. The van der Waals surface area contributed by atoms with Crippen molar-refractivity contribution in [2.24, 2.45) is 0 Å². The van der Waals surface area contributed by atoms with Gasteiger partial charge in [0.25, 0.3) is 9.05 Å². The normalized spacial score (nSPS) is 16.1. The van der Waals surface area contributed by atoms with Crippen molar-refractivity contribution in [3.8, 4) is 0 Å². The molecule has 7 nitrogen and oxygen atoms in total. The van der Waals surface area contributed by atoms with E-state index in [9.17, 15) is 18.0 Å². The third-order valence-corrected chi connectivity index (χ3v) is 5.62. The minimum absolute atomic E-state index is 0.150. The summed E-state index contributed by atoms with van der Waals surface area (Å²) in [6.45, 7) is 9.95. The summed E-state index contributed by atoms with van der Waals surface area (Å²) in [5, 5.41) is 0.240. The lowest BCUT2D eigenvalue weighted by Gasteiger charge is -2.34. The Morgan fingerprint density at radius 2 is 1.45 bits per heavy atom. The van der Waals surface area contributed by atoms with Gasteiger partial charge in [0.15, 0.2) is 0 Å². The fraction of sp³-hybridized carbons (Fsp3) is 0.579. The van der Waals surface area contributed by atoms with Gasteiger partial charge in [-0.2, -0.15) is 0 Å². The number of hydrogen-bond donors (Lipinski definition) is 0. The van der Waals surface area contributed by atoms with Crippen molar-refractivity contribution in [3.63, 3.8) is 0 Å². The van der Waals surface area contributed by atoms with E-state index in [-0.39, 0.29) is 15.5 Å². The number of imide groups is 1. The topological polar surface area (TPSA) is 90.0 Å². The van der Waals surface area contributed by atoms with E-state index in [2.05, 4.69) is 0 Å². The average molecular weight is 466 g/mol. The highest BCUT2D eigenvalue weighted by atomic mass is 35.7. The zero-order valence-corrected chi connectivity index (χ0v) is 19.5. The molecule has 1 aliphatic rings. The van der Waals surface area contributed by atoms with Crippen LogP contribution in [0.5, 0.6) is 0 Å². The van der Waals surface area contributed by atoms with Crippen LogP contribution in [0.15, 0.2) is 23.1 Å². The van der Waals surface area contributed by atoms with Gasteiger partial charge in [-0.15, -0.1) is 0 Å². The van der Waals surface area contributed by atoms with Crippen molar-refractivity contribution in [2.75, 3.05) is 0 Å². The first-order chi connectivity index (χ1) is 13.0. The third kappa shape index (κ3) is 5.77. The number of nitrogens with zero attached hydrogens (tertiary/aromatic N) is 1. The standard InChI is InChI=1S/C19H25Cl2NO6S/c1-17(2,3)27-15(23)22(16(24)28-18(4,5)6)19(9-10-19)13-11-12(20)7-8-14(13)29(21,25)26/h7-8,11H,9-10H2,1-6H3. The maximum absolute atomic E-state index is 13.0. The molecule has 0 aliphatic heterocycles. The first kappa shape index (κ1) is 23.8. The quantitative estimate of drug-likeness (QED) is 0.552. The predicted molar refractivity (Wildman–Crippen MR) is 110 cm³/mol. The second kappa shape index (κ2) is 7.63. The molecule has 0 atom stereocenters. The molecule has 162 valence electrons. The molecule has 0 unspecified atom stereocenters. The van der Waals surface area contributed by atoms with Gasteiger partial charge in [0.1, 0.15) is 11.2 Å². The minimum atomic E-state index is -4.17. The lowest BCUT2D eigenvalue weighted by Crippen LogP contribution is -2.49. The van der Waals surface area contributed by atoms with Gasteiger partial charge < -0.3 is 9.47 Å². The van der Waals surface area contributed by atoms with Crippen LogP contribution in [0.1, 0.15) is 59.9 Å². The Kier molecular flexibility index (Phi) is 6.25. The number of hydrogen-bond acceptors (Lipinski definition) is 6. The summed E-state index contributed by atoms with van der Waals surface area (Å²) in [4.78, 5) is 26.6. The van der Waals surface area contributed by atoms with Gasteiger partial charge in [-0.25, -0.2) is 22.9 Å². The number of rotatable bonds is 3. The highest BCUT2D eigenvalue weighted by Crippen LogP contribution is 2.54. The molecule has 29 heavy (non-hydrogen) atoms. The molecule has 1 aromatic rings. The minimum Gasteiger partial charge on any atom is -0.443 e. The highest BCUT2D eigenvalue weighted by Gasteiger charge is 2.58. The smallest absolute Gasteiger partial charge is 0.420 e. The Morgan fingerprint density at radius 1 is 1.00 bits per heavy atom. The van der Waals surface area contributed by atoms with Gasteiger partial charge in [0.2, 0.25) is 0 Å². The molecule has 0 heterocycles. The first-order valence-electron chi connectivity index (χ1n) is 8.97.